The number of pyridine rings is 1. The molecule has 0 unspecified atom stereocenters. The van der Waals surface area contributed by atoms with E-state index in [2.05, 4.69) is 22.1 Å². The second-order valence-corrected chi connectivity index (χ2v) is 4.38. The minimum Gasteiger partial charge on any atom is -0.491 e. The van der Waals surface area contributed by atoms with E-state index in [0.717, 1.165) is 18.4 Å². The van der Waals surface area contributed by atoms with Crippen LogP contribution < -0.4 is 14.2 Å². The highest BCUT2D eigenvalue weighted by Crippen LogP contribution is 2.34. The summed E-state index contributed by atoms with van der Waals surface area (Å²) in [5.74, 6) is 1.67. The van der Waals surface area contributed by atoms with E-state index in [1.807, 2.05) is 12.1 Å². The van der Waals surface area contributed by atoms with E-state index in [-0.39, 0.29) is 0 Å². The second kappa shape index (κ2) is 7.42. The van der Waals surface area contributed by atoms with Crippen LogP contribution in [0.2, 0.25) is 0 Å². The van der Waals surface area contributed by atoms with Crippen molar-refractivity contribution in [3.63, 3.8) is 0 Å². The summed E-state index contributed by atoms with van der Waals surface area (Å²) in [5.41, 5.74) is 1.38. The first-order valence-electron chi connectivity index (χ1n) is 6.83. The van der Waals surface area contributed by atoms with Crippen molar-refractivity contribution in [2.75, 3.05) is 20.8 Å². The molecule has 0 aliphatic carbocycles. The van der Waals surface area contributed by atoms with Crippen LogP contribution in [0.1, 0.15) is 19.8 Å². The highest BCUT2D eigenvalue weighted by atomic mass is 16.5. The Kier molecular flexibility index (Phi) is 5.31. The molecule has 0 aliphatic rings. The van der Waals surface area contributed by atoms with Gasteiger partial charge in [0.1, 0.15) is 5.69 Å². The molecule has 0 fully saturated rings. The van der Waals surface area contributed by atoms with Gasteiger partial charge < -0.3 is 14.2 Å². The Bertz CT molecular complexity index is 573. The number of hydrogen-bond acceptors (Lipinski definition) is 6. The van der Waals surface area contributed by atoms with Gasteiger partial charge in [-0.05, 0) is 12.5 Å². The summed E-state index contributed by atoms with van der Waals surface area (Å²) in [6.45, 7) is 2.79. The maximum Gasteiger partial charge on any atom is 0.213 e. The van der Waals surface area contributed by atoms with Crippen LogP contribution in [0.3, 0.4) is 0 Å². The van der Waals surface area contributed by atoms with Gasteiger partial charge in [0, 0.05) is 17.8 Å². The summed E-state index contributed by atoms with van der Waals surface area (Å²) in [4.78, 5) is 4.27. The van der Waals surface area contributed by atoms with Gasteiger partial charge in [0.05, 0.1) is 27.0 Å². The van der Waals surface area contributed by atoms with E-state index in [4.69, 9.17) is 14.2 Å². The Morgan fingerprint density at radius 2 is 1.95 bits per heavy atom. The molecule has 2 aromatic heterocycles. The smallest absolute Gasteiger partial charge is 0.213 e. The van der Waals surface area contributed by atoms with Crippen molar-refractivity contribution in [2.45, 2.75) is 19.8 Å². The van der Waals surface area contributed by atoms with Crippen LogP contribution in [-0.4, -0.2) is 36.0 Å². The lowest BCUT2D eigenvalue weighted by Crippen LogP contribution is -2.00. The summed E-state index contributed by atoms with van der Waals surface area (Å²) < 4.78 is 16.1. The second-order valence-electron chi connectivity index (χ2n) is 4.38. The fraction of sp³-hybridized carbons (Fsp3) is 0.400. The lowest BCUT2D eigenvalue weighted by atomic mass is 10.2. The molecule has 0 saturated carbocycles. The molecule has 0 atom stereocenters. The highest BCUT2D eigenvalue weighted by Gasteiger charge is 2.14. The van der Waals surface area contributed by atoms with E-state index >= 15 is 0 Å². The monoisotopic (exact) mass is 289 g/mol. The number of methoxy groups -OCH3 is 2. The first kappa shape index (κ1) is 15.0. The molecular formula is C15H19N3O3. The number of nitrogens with zero attached hydrogens (tertiary/aromatic N) is 3. The third-order valence-electron chi connectivity index (χ3n) is 2.95. The molecule has 0 saturated heterocycles. The fourth-order valence-corrected chi connectivity index (χ4v) is 1.82. The Labute approximate surface area is 124 Å². The van der Waals surface area contributed by atoms with Crippen LogP contribution in [0.25, 0.3) is 11.3 Å². The van der Waals surface area contributed by atoms with Gasteiger partial charge in [-0.3, -0.25) is 0 Å². The average Bonchev–Trinajstić information content (AvgIpc) is 2.55. The lowest BCUT2D eigenvalue weighted by Gasteiger charge is -2.10. The number of ether oxygens (including phenoxy) is 3. The molecular weight excluding hydrogens is 270 g/mol. The van der Waals surface area contributed by atoms with Crippen molar-refractivity contribution >= 4 is 0 Å². The number of unbranched alkanes of at least 4 members (excludes halogenated alkanes) is 1. The van der Waals surface area contributed by atoms with E-state index < -0.39 is 0 Å². The van der Waals surface area contributed by atoms with Gasteiger partial charge in [0.15, 0.2) is 11.5 Å². The summed E-state index contributed by atoms with van der Waals surface area (Å²) >= 11 is 0. The molecule has 0 amide bonds. The topological polar surface area (TPSA) is 66.4 Å². The quantitative estimate of drug-likeness (QED) is 0.730. The molecule has 0 bridgehead atoms. The molecule has 6 nitrogen and oxygen atoms in total. The zero-order chi connectivity index (χ0) is 15.1. The van der Waals surface area contributed by atoms with Gasteiger partial charge in [0.25, 0.3) is 0 Å². The summed E-state index contributed by atoms with van der Waals surface area (Å²) in [6.07, 6.45) is 5.30. The first-order chi connectivity index (χ1) is 10.3. The Balaban J connectivity index is 2.22. The van der Waals surface area contributed by atoms with Gasteiger partial charge in [-0.2, -0.15) is 5.10 Å². The fourth-order valence-electron chi connectivity index (χ4n) is 1.82. The van der Waals surface area contributed by atoms with Gasteiger partial charge in [-0.15, -0.1) is 5.10 Å². The predicted molar refractivity (Wildman–Crippen MR) is 78.8 cm³/mol. The van der Waals surface area contributed by atoms with Crippen LogP contribution in [0.15, 0.2) is 24.5 Å². The molecule has 21 heavy (non-hydrogen) atoms. The van der Waals surface area contributed by atoms with E-state index in [0.29, 0.717) is 29.7 Å². The molecule has 2 rings (SSSR count). The average molecular weight is 289 g/mol. The van der Waals surface area contributed by atoms with Crippen LogP contribution in [-0.2, 0) is 0 Å². The van der Waals surface area contributed by atoms with Gasteiger partial charge in [-0.1, -0.05) is 13.3 Å². The third-order valence-corrected chi connectivity index (χ3v) is 2.95. The molecule has 112 valence electrons. The molecule has 6 heteroatoms. The Morgan fingerprint density at radius 1 is 1.10 bits per heavy atom. The zero-order valence-corrected chi connectivity index (χ0v) is 12.5. The van der Waals surface area contributed by atoms with Gasteiger partial charge in [-0.25, -0.2) is 4.98 Å². The number of rotatable bonds is 7. The summed E-state index contributed by atoms with van der Waals surface area (Å²) in [7, 11) is 3.13. The molecule has 0 spiro atoms. The van der Waals surface area contributed by atoms with E-state index in [9.17, 15) is 0 Å². The Hall–Kier alpha value is -2.37. The normalized spacial score (nSPS) is 10.2. The van der Waals surface area contributed by atoms with Crippen LogP contribution in [0.5, 0.6) is 17.4 Å². The van der Waals surface area contributed by atoms with Crippen LogP contribution >= 0.6 is 0 Å². The summed E-state index contributed by atoms with van der Waals surface area (Å²) in [6, 6.07) is 3.69. The Morgan fingerprint density at radius 3 is 2.57 bits per heavy atom. The first-order valence-corrected chi connectivity index (χ1v) is 6.83. The predicted octanol–water partition coefficient (Wildman–Crippen LogP) is 2.73. The maximum atomic E-state index is 5.54. The standard InChI is InChI=1S/C15H19N3O3/c1-4-5-8-21-13-7-6-11(9-16-13)14-15(20-3)12(19-2)10-17-18-14/h6-7,9-10H,4-5,8H2,1-3H3. The maximum absolute atomic E-state index is 5.54. The molecule has 2 aromatic rings. The van der Waals surface area contributed by atoms with Crippen molar-refractivity contribution in [2.24, 2.45) is 0 Å². The number of hydrogen-bond donors (Lipinski definition) is 0. The zero-order valence-electron chi connectivity index (χ0n) is 12.5. The number of aromatic nitrogens is 3. The molecule has 2 heterocycles. The summed E-state index contributed by atoms with van der Waals surface area (Å²) in [5, 5.41) is 8.01. The minimum absolute atomic E-state index is 0.533. The largest absolute Gasteiger partial charge is 0.491 e. The molecule has 0 aromatic carbocycles. The van der Waals surface area contributed by atoms with Crippen LogP contribution in [0, 0.1) is 0 Å². The van der Waals surface area contributed by atoms with E-state index in [1.165, 1.54) is 6.20 Å². The van der Waals surface area contributed by atoms with Crippen LogP contribution in [0.4, 0.5) is 0 Å². The van der Waals surface area contributed by atoms with Crippen molar-refractivity contribution in [3.8, 4) is 28.6 Å². The van der Waals surface area contributed by atoms with Crippen molar-refractivity contribution in [1.29, 1.82) is 0 Å². The highest BCUT2D eigenvalue weighted by molar-refractivity contribution is 5.68. The third kappa shape index (κ3) is 3.59. The molecule has 0 aliphatic heterocycles. The molecule has 0 radical (unpaired) electrons. The SMILES string of the molecule is CCCCOc1ccc(-c2nncc(OC)c2OC)cn1. The molecule has 0 N–H and O–H groups in total. The van der Waals surface area contributed by atoms with Crippen molar-refractivity contribution in [3.05, 3.63) is 24.5 Å². The van der Waals surface area contributed by atoms with Crippen molar-refractivity contribution in [1.82, 2.24) is 15.2 Å². The van der Waals surface area contributed by atoms with E-state index in [1.54, 1.807) is 20.4 Å². The van der Waals surface area contributed by atoms with Crippen molar-refractivity contribution < 1.29 is 14.2 Å². The van der Waals surface area contributed by atoms with Gasteiger partial charge >= 0.3 is 0 Å². The lowest BCUT2D eigenvalue weighted by molar-refractivity contribution is 0.298. The van der Waals surface area contributed by atoms with Gasteiger partial charge in [0.2, 0.25) is 5.88 Å². The minimum atomic E-state index is 0.533.